The van der Waals surface area contributed by atoms with Crippen LogP contribution in [0.5, 0.6) is 0 Å². The number of hydrogen-bond donors (Lipinski definition) is 4. The van der Waals surface area contributed by atoms with Crippen LogP contribution in [0.25, 0.3) is 31.6 Å². The van der Waals surface area contributed by atoms with Gasteiger partial charge in [-0.1, -0.05) is 63.1 Å². The lowest BCUT2D eigenvalue weighted by molar-refractivity contribution is -0.135. The third-order valence-electron chi connectivity index (χ3n) is 10.3. The van der Waals surface area contributed by atoms with Crippen LogP contribution in [-0.2, 0) is 25.6 Å². The Morgan fingerprint density at radius 2 is 1.75 bits per heavy atom. The van der Waals surface area contributed by atoms with Gasteiger partial charge in [-0.05, 0) is 54.4 Å². The molecule has 2 aromatic carbocycles. The minimum absolute atomic E-state index is 0.116. The van der Waals surface area contributed by atoms with E-state index in [-0.39, 0.29) is 30.3 Å². The van der Waals surface area contributed by atoms with Crippen molar-refractivity contribution in [2.75, 3.05) is 27.3 Å². The molecule has 7 rings (SSSR count). The Hall–Kier alpha value is -6.18. The summed E-state index contributed by atoms with van der Waals surface area (Å²) in [7, 11) is 2.56. The lowest BCUT2D eigenvalue weighted by Gasteiger charge is -2.29. The van der Waals surface area contributed by atoms with Crippen molar-refractivity contribution in [2.24, 2.45) is 5.92 Å². The molecule has 14 nitrogen and oxygen atoms in total. The van der Waals surface area contributed by atoms with Gasteiger partial charge in [0.25, 0.3) is 0 Å². The molecule has 4 amide bonds. The molecule has 4 N–H and O–H groups in total. The molecule has 4 aromatic heterocycles. The molecule has 3 unspecified atom stereocenters. The Labute approximate surface area is 349 Å². The van der Waals surface area contributed by atoms with E-state index in [4.69, 9.17) is 14.5 Å². The van der Waals surface area contributed by atoms with Gasteiger partial charge in [-0.15, -0.1) is 22.7 Å². The van der Waals surface area contributed by atoms with Crippen LogP contribution in [0.3, 0.4) is 0 Å². The number of carbonyl (C=O) groups excluding carboxylic acids is 4. The predicted molar refractivity (Wildman–Crippen MR) is 228 cm³/mol. The molecular weight excluding hydrogens is 789 g/mol. The summed E-state index contributed by atoms with van der Waals surface area (Å²) in [6.07, 6.45) is 2.67. The molecule has 0 radical (unpaired) electrons. The van der Waals surface area contributed by atoms with Crippen LogP contribution in [0.15, 0.2) is 65.5 Å². The number of methoxy groups -OCH3 is 2. The highest BCUT2D eigenvalue weighted by atomic mass is 32.1. The summed E-state index contributed by atoms with van der Waals surface area (Å²) in [5.74, 6) is 7.31. The normalized spacial score (nSPS) is 14.8. The van der Waals surface area contributed by atoms with E-state index in [0.29, 0.717) is 36.6 Å². The zero-order chi connectivity index (χ0) is 41.6. The monoisotopic (exact) mass is 834 g/mol. The molecule has 1 aliphatic heterocycles. The summed E-state index contributed by atoms with van der Waals surface area (Å²) >= 11 is 3.28. The molecule has 59 heavy (non-hydrogen) atoms. The number of ether oxygens (including phenoxy) is 2. The maximum atomic E-state index is 13.8. The van der Waals surface area contributed by atoms with Crippen molar-refractivity contribution >= 4 is 67.1 Å². The number of aromatic amines is 2. The number of carbonyl (C=O) groups is 4. The Bertz CT molecular complexity index is 2530. The predicted octanol–water partition coefficient (Wildman–Crippen LogP) is 7.51. The molecular formula is C43H46N8O6S2. The number of thiophene rings is 2. The quantitative estimate of drug-likeness (QED) is 0.0917. The second-order valence-corrected chi connectivity index (χ2v) is 16.4. The Balaban J connectivity index is 1.06. The van der Waals surface area contributed by atoms with Gasteiger partial charge in [0.05, 0.1) is 59.0 Å². The molecule has 1 fully saturated rings. The van der Waals surface area contributed by atoms with E-state index in [1.807, 2.05) is 49.9 Å². The van der Waals surface area contributed by atoms with Crippen LogP contribution in [0.1, 0.15) is 80.6 Å². The van der Waals surface area contributed by atoms with Crippen molar-refractivity contribution in [1.29, 1.82) is 0 Å². The highest BCUT2D eigenvalue weighted by Crippen LogP contribution is 2.41. The second kappa shape index (κ2) is 18.2. The van der Waals surface area contributed by atoms with Crippen molar-refractivity contribution in [3.8, 4) is 23.0 Å². The number of fused-ring (bicyclic) bond motifs is 2. The summed E-state index contributed by atoms with van der Waals surface area (Å²) in [5.41, 5.74) is 6.03. The van der Waals surface area contributed by atoms with Crippen molar-refractivity contribution in [2.45, 2.75) is 64.7 Å². The molecule has 306 valence electrons. The number of imidazole rings is 2. The Kier molecular flexibility index (Phi) is 12.6. The van der Waals surface area contributed by atoms with E-state index in [2.05, 4.69) is 60.3 Å². The smallest absolute Gasteiger partial charge is 0.407 e. The maximum absolute atomic E-state index is 13.8. The molecule has 5 heterocycles. The average molecular weight is 835 g/mol. The minimum Gasteiger partial charge on any atom is -0.453 e. The highest BCUT2D eigenvalue weighted by molar-refractivity contribution is 7.27. The number of alkyl carbamates (subject to hydrolysis) is 2. The molecule has 0 spiro atoms. The number of H-pyrrole nitrogens is 2. The van der Waals surface area contributed by atoms with Gasteiger partial charge in [0.1, 0.15) is 29.4 Å². The SMILES string of the molecule is CCCN(Cc1ncc(C#Cc2csc3c(-c4ccc5nc(C6CCCN6C(=O)C(NC(=O)OC)C(C)C)[nH]c5c4)csc23)[nH]1)C(=O)C(NC(=O)OC)c1ccccc1. The summed E-state index contributed by atoms with van der Waals surface area (Å²) in [4.78, 5) is 71.3. The molecule has 0 bridgehead atoms. The number of amides is 4. The third kappa shape index (κ3) is 8.96. The number of nitrogens with zero attached hydrogens (tertiary/aromatic N) is 4. The number of benzene rings is 2. The zero-order valence-corrected chi connectivity index (χ0v) is 35.1. The fraction of sp³-hybridized carbons (Fsp3) is 0.349. The average Bonchev–Trinajstić information content (AvgIpc) is 4.10. The summed E-state index contributed by atoms with van der Waals surface area (Å²) in [5, 5.41) is 9.59. The lowest BCUT2D eigenvalue weighted by atomic mass is 10.0. The van der Waals surface area contributed by atoms with Gasteiger partial charge >= 0.3 is 12.2 Å². The Morgan fingerprint density at radius 1 is 0.983 bits per heavy atom. The Morgan fingerprint density at radius 3 is 2.49 bits per heavy atom. The molecule has 1 aliphatic rings. The van der Waals surface area contributed by atoms with Crippen molar-refractivity contribution < 1.29 is 28.7 Å². The standard InChI is InChI=1S/C43H46N8O6S2/c1-6-18-50(40(52)36(49-43(55)57-5)26-11-8-7-9-12-26)22-34-44-21-29(45-34)16-14-28-23-58-38-30(24-59-37(28)38)27-15-17-31-32(20-27)47-39(46-31)33-13-10-19-51(33)41(53)35(25(2)3)48-42(54)56-4/h7-9,11-12,15,17,20-21,23-25,33,35-36H,6,10,13,18-19,22H2,1-5H3,(H,44,45)(H,46,47)(H,48,54)(H,49,55). The first-order valence-corrected chi connectivity index (χ1v) is 21.2. The molecule has 1 saturated heterocycles. The van der Waals surface area contributed by atoms with Gasteiger partial charge < -0.3 is 39.9 Å². The molecule has 0 aliphatic carbocycles. The lowest BCUT2D eigenvalue weighted by Crippen LogP contribution is -2.51. The van der Waals surface area contributed by atoms with Crippen LogP contribution in [0, 0.1) is 17.8 Å². The fourth-order valence-electron chi connectivity index (χ4n) is 7.31. The maximum Gasteiger partial charge on any atom is 0.407 e. The third-order valence-corrected chi connectivity index (χ3v) is 12.4. The topological polar surface area (TPSA) is 175 Å². The van der Waals surface area contributed by atoms with Gasteiger partial charge in [-0.25, -0.2) is 19.6 Å². The first-order chi connectivity index (χ1) is 28.6. The van der Waals surface area contributed by atoms with Gasteiger partial charge in [0.15, 0.2) is 0 Å². The van der Waals surface area contributed by atoms with E-state index in [9.17, 15) is 19.2 Å². The number of aromatic nitrogens is 4. The van der Waals surface area contributed by atoms with Gasteiger partial charge in [-0.3, -0.25) is 9.59 Å². The summed E-state index contributed by atoms with van der Waals surface area (Å²) < 4.78 is 11.8. The minimum atomic E-state index is -0.915. The molecule has 6 aromatic rings. The second-order valence-electron chi connectivity index (χ2n) is 14.6. The van der Waals surface area contributed by atoms with Crippen molar-refractivity contribution in [1.82, 2.24) is 40.4 Å². The van der Waals surface area contributed by atoms with Crippen LogP contribution in [-0.4, -0.2) is 87.1 Å². The van der Waals surface area contributed by atoms with Crippen LogP contribution in [0.2, 0.25) is 0 Å². The number of nitrogens with one attached hydrogen (secondary N) is 4. The highest BCUT2D eigenvalue weighted by Gasteiger charge is 2.37. The van der Waals surface area contributed by atoms with E-state index >= 15 is 0 Å². The van der Waals surface area contributed by atoms with Crippen molar-refractivity contribution in [3.05, 3.63) is 94.0 Å². The van der Waals surface area contributed by atoms with Crippen LogP contribution in [0.4, 0.5) is 9.59 Å². The number of hydrogen-bond acceptors (Lipinski definition) is 10. The fourth-order valence-corrected chi connectivity index (χ4v) is 9.62. The molecule has 3 atom stereocenters. The first kappa shape index (κ1) is 41.0. The summed E-state index contributed by atoms with van der Waals surface area (Å²) in [6.45, 7) is 7.05. The van der Waals surface area contributed by atoms with Gasteiger partial charge in [-0.2, -0.15) is 0 Å². The van der Waals surface area contributed by atoms with E-state index < -0.39 is 24.3 Å². The summed E-state index contributed by atoms with van der Waals surface area (Å²) in [6, 6.07) is 13.4. The van der Waals surface area contributed by atoms with E-state index in [1.54, 1.807) is 45.9 Å². The van der Waals surface area contributed by atoms with Crippen LogP contribution >= 0.6 is 22.7 Å². The number of likely N-dealkylation sites (tertiary alicyclic amines) is 1. The van der Waals surface area contributed by atoms with Crippen molar-refractivity contribution in [3.63, 3.8) is 0 Å². The van der Waals surface area contributed by atoms with E-state index in [0.717, 1.165) is 55.8 Å². The first-order valence-electron chi connectivity index (χ1n) is 19.5. The number of rotatable bonds is 12. The molecule has 16 heteroatoms. The molecule has 0 saturated carbocycles. The van der Waals surface area contributed by atoms with Gasteiger partial charge in [0, 0.05) is 29.4 Å². The largest absolute Gasteiger partial charge is 0.453 e. The van der Waals surface area contributed by atoms with Gasteiger partial charge in [0.2, 0.25) is 11.8 Å². The zero-order valence-electron chi connectivity index (χ0n) is 33.5. The van der Waals surface area contributed by atoms with Crippen LogP contribution < -0.4 is 10.6 Å². The van der Waals surface area contributed by atoms with E-state index in [1.165, 1.54) is 14.2 Å².